The molecule has 2 amide bonds. The number of anilines is 1. The summed E-state index contributed by atoms with van der Waals surface area (Å²) < 4.78 is 0. The summed E-state index contributed by atoms with van der Waals surface area (Å²) in [6.07, 6.45) is 0. The normalized spacial score (nSPS) is 15.8. The Bertz CT molecular complexity index is 743. The molecule has 2 heterocycles. The Labute approximate surface area is 156 Å². The molecule has 1 N–H and O–H groups in total. The second kappa shape index (κ2) is 7.89. The van der Waals surface area contributed by atoms with Crippen LogP contribution in [0.3, 0.4) is 0 Å². The summed E-state index contributed by atoms with van der Waals surface area (Å²) in [5.41, 5.74) is 0.996. The van der Waals surface area contributed by atoms with Gasteiger partial charge in [0.25, 0.3) is 5.91 Å². The van der Waals surface area contributed by atoms with Crippen molar-refractivity contribution in [3.8, 4) is 0 Å². The molecule has 1 atom stereocenters. The Morgan fingerprint density at radius 3 is 2.48 bits per heavy atom. The highest BCUT2D eigenvalue weighted by Crippen LogP contribution is 2.26. The third-order valence-corrected chi connectivity index (χ3v) is 5.44. The molecule has 0 saturated carbocycles. The first-order chi connectivity index (χ1) is 12.1. The van der Waals surface area contributed by atoms with Crippen LogP contribution in [0.5, 0.6) is 0 Å². The third-order valence-electron chi connectivity index (χ3n) is 4.25. The number of hydrogen-bond donors (Lipinski definition) is 1. The predicted molar refractivity (Wildman–Crippen MR) is 101 cm³/mol. The van der Waals surface area contributed by atoms with E-state index in [1.165, 1.54) is 11.3 Å². The van der Waals surface area contributed by atoms with Crippen molar-refractivity contribution >= 4 is 40.4 Å². The van der Waals surface area contributed by atoms with E-state index >= 15 is 0 Å². The molecule has 0 bridgehead atoms. The molecule has 132 valence electrons. The van der Waals surface area contributed by atoms with Crippen LogP contribution in [0.25, 0.3) is 0 Å². The first-order valence-electron chi connectivity index (χ1n) is 8.19. The number of rotatable bonds is 4. The van der Waals surface area contributed by atoms with Crippen LogP contribution in [0.15, 0.2) is 41.8 Å². The van der Waals surface area contributed by atoms with Crippen molar-refractivity contribution in [1.82, 2.24) is 10.2 Å². The van der Waals surface area contributed by atoms with Crippen molar-refractivity contribution < 1.29 is 9.59 Å². The van der Waals surface area contributed by atoms with E-state index in [9.17, 15) is 9.59 Å². The van der Waals surface area contributed by atoms with Gasteiger partial charge in [-0.25, -0.2) is 0 Å². The lowest BCUT2D eigenvalue weighted by atomic mass is 10.2. The van der Waals surface area contributed by atoms with E-state index in [2.05, 4.69) is 10.2 Å². The van der Waals surface area contributed by atoms with Crippen LogP contribution in [0, 0.1) is 0 Å². The quantitative estimate of drug-likeness (QED) is 0.891. The molecule has 1 aromatic carbocycles. The van der Waals surface area contributed by atoms with Crippen LogP contribution in [0.1, 0.15) is 16.6 Å². The number of nitrogens with one attached hydrogen (secondary N) is 1. The lowest BCUT2D eigenvalue weighted by Crippen LogP contribution is -2.54. The maximum absolute atomic E-state index is 12.6. The molecule has 2 aromatic rings. The molecule has 1 fully saturated rings. The van der Waals surface area contributed by atoms with Crippen molar-refractivity contribution in [3.05, 3.63) is 51.7 Å². The van der Waals surface area contributed by atoms with E-state index < -0.39 is 6.04 Å². The molecule has 1 aliphatic rings. The predicted octanol–water partition coefficient (Wildman–Crippen LogP) is 2.87. The average molecular weight is 378 g/mol. The third kappa shape index (κ3) is 4.14. The lowest BCUT2D eigenvalue weighted by Gasteiger charge is -2.37. The molecule has 3 rings (SSSR count). The van der Waals surface area contributed by atoms with Crippen LogP contribution in [-0.4, -0.2) is 48.9 Å². The van der Waals surface area contributed by atoms with E-state index in [-0.39, 0.29) is 11.8 Å². The zero-order valence-corrected chi connectivity index (χ0v) is 15.5. The van der Waals surface area contributed by atoms with Gasteiger partial charge in [0.05, 0.1) is 15.6 Å². The molecule has 7 heteroatoms. The van der Waals surface area contributed by atoms with Crippen LogP contribution in [-0.2, 0) is 4.79 Å². The number of hydrogen-bond acceptors (Lipinski definition) is 4. The van der Waals surface area contributed by atoms with Crippen LogP contribution >= 0.6 is 22.9 Å². The molecule has 1 saturated heterocycles. The van der Waals surface area contributed by atoms with Crippen molar-refractivity contribution in [2.24, 2.45) is 0 Å². The first kappa shape index (κ1) is 17.8. The molecule has 25 heavy (non-hydrogen) atoms. The molecule has 1 unspecified atom stereocenters. The molecule has 0 spiro atoms. The molecule has 5 nitrogen and oxygen atoms in total. The van der Waals surface area contributed by atoms with E-state index in [1.807, 2.05) is 35.7 Å². The Morgan fingerprint density at radius 2 is 1.84 bits per heavy atom. The Balaban J connectivity index is 1.54. The van der Waals surface area contributed by atoms with Gasteiger partial charge in [-0.2, -0.15) is 0 Å². The van der Waals surface area contributed by atoms with Gasteiger partial charge in [0.2, 0.25) is 5.91 Å². The van der Waals surface area contributed by atoms with Gasteiger partial charge in [0.1, 0.15) is 6.04 Å². The molecular weight excluding hydrogens is 358 g/mol. The Hall–Kier alpha value is -2.05. The topological polar surface area (TPSA) is 52.7 Å². The van der Waals surface area contributed by atoms with E-state index in [0.717, 1.165) is 23.8 Å². The fraction of sp³-hybridized carbons (Fsp3) is 0.333. The fourth-order valence-electron chi connectivity index (χ4n) is 2.89. The average Bonchev–Trinajstić information content (AvgIpc) is 3.16. The Kier molecular flexibility index (Phi) is 5.60. The van der Waals surface area contributed by atoms with E-state index in [0.29, 0.717) is 18.0 Å². The minimum Gasteiger partial charge on any atom is -0.367 e. The Morgan fingerprint density at radius 1 is 1.12 bits per heavy atom. The minimum atomic E-state index is -0.540. The number of para-hydroxylation sites is 1. The van der Waals surface area contributed by atoms with Crippen LogP contribution < -0.4 is 10.2 Å². The van der Waals surface area contributed by atoms with Crippen molar-refractivity contribution in [3.63, 3.8) is 0 Å². The lowest BCUT2D eigenvalue weighted by molar-refractivity contribution is -0.133. The summed E-state index contributed by atoms with van der Waals surface area (Å²) in [5.74, 6) is -0.255. The van der Waals surface area contributed by atoms with Crippen LogP contribution in [0.2, 0.25) is 5.02 Å². The molecule has 0 aliphatic carbocycles. The summed E-state index contributed by atoms with van der Waals surface area (Å²) in [4.78, 5) is 29.3. The number of benzene rings is 1. The molecular formula is C18H20ClN3O2S. The van der Waals surface area contributed by atoms with Gasteiger partial charge in [-0.3, -0.25) is 9.59 Å². The summed E-state index contributed by atoms with van der Waals surface area (Å²) in [6.45, 7) is 4.41. The highest BCUT2D eigenvalue weighted by molar-refractivity contribution is 7.12. The van der Waals surface area contributed by atoms with Crippen LogP contribution in [0.4, 0.5) is 5.69 Å². The summed E-state index contributed by atoms with van der Waals surface area (Å²) in [7, 11) is 0. The number of carbonyl (C=O) groups excluding carboxylic acids is 2. The SMILES string of the molecule is CC(NC(=O)c1cccs1)C(=O)N1CCN(c2ccccc2Cl)CC1. The van der Waals surface area contributed by atoms with Crippen molar-refractivity contribution in [1.29, 1.82) is 0 Å². The number of piperazine rings is 1. The standard InChI is InChI=1S/C18H20ClN3O2S/c1-13(20-17(23)16-7-4-12-25-16)18(24)22-10-8-21(9-11-22)15-6-3-2-5-14(15)19/h2-7,12-13H,8-11H2,1H3,(H,20,23). The van der Waals surface area contributed by atoms with E-state index in [4.69, 9.17) is 11.6 Å². The maximum Gasteiger partial charge on any atom is 0.261 e. The zero-order valence-electron chi connectivity index (χ0n) is 13.9. The summed E-state index contributed by atoms with van der Waals surface area (Å²) in [6, 6.07) is 10.8. The van der Waals surface area contributed by atoms with Gasteiger partial charge in [0.15, 0.2) is 0 Å². The second-order valence-corrected chi connectivity index (χ2v) is 7.29. The molecule has 1 aromatic heterocycles. The molecule has 1 aliphatic heterocycles. The second-order valence-electron chi connectivity index (χ2n) is 5.94. The van der Waals surface area contributed by atoms with Gasteiger partial charge in [-0.15, -0.1) is 11.3 Å². The number of halogens is 1. The smallest absolute Gasteiger partial charge is 0.261 e. The highest BCUT2D eigenvalue weighted by atomic mass is 35.5. The number of carbonyl (C=O) groups is 2. The highest BCUT2D eigenvalue weighted by Gasteiger charge is 2.26. The number of thiophene rings is 1. The zero-order chi connectivity index (χ0) is 17.8. The van der Waals surface area contributed by atoms with Gasteiger partial charge < -0.3 is 15.1 Å². The molecule has 0 radical (unpaired) electrons. The number of nitrogens with zero attached hydrogens (tertiary/aromatic N) is 2. The van der Waals surface area contributed by atoms with Crippen molar-refractivity contribution in [2.45, 2.75) is 13.0 Å². The van der Waals surface area contributed by atoms with Gasteiger partial charge in [-0.1, -0.05) is 29.8 Å². The fourth-order valence-corrected chi connectivity index (χ4v) is 3.77. The monoisotopic (exact) mass is 377 g/mol. The maximum atomic E-state index is 12.6. The van der Waals surface area contributed by atoms with Gasteiger partial charge >= 0.3 is 0 Å². The van der Waals surface area contributed by atoms with Crippen molar-refractivity contribution in [2.75, 3.05) is 31.1 Å². The number of amides is 2. The van der Waals surface area contributed by atoms with Gasteiger partial charge in [0, 0.05) is 26.2 Å². The van der Waals surface area contributed by atoms with Gasteiger partial charge in [-0.05, 0) is 30.5 Å². The summed E-state index contributed by atoms with van der Waals surface area (Å²) >= 11 is 7.61. The largest absolute Gasteiger partial charge is 0.367 e. The first-order valence-corrected chi connectivity index (χ1v) is 9.44. The minimum absolute atomic E-state index is 0.0521. The summed E-state index contributed by atoms with van der Waals surface area (Å²) in [5, 5.41) is 5.34. The van der Waals surface area contributed by atoms with E-state index in [1.54, 1.807) is 17.9 Å².